The largest absolute Gasteiger partial charge is 0.493 e. The third-order valence-electron chi connectivity index (χ3n) is 15.5. The highest BCUT2D eigenvalue weighted by Crippen LogP contribution is 2.37. The quantitative estimate of drug-likeness (QED) is 0.154. The number of hydrogen-bond acceptors (Lipinski definition) is 7. The van der Waals surface area contributed by atoms with Crippen molar-refractivity contribution in [3.05, 3.63) is 183 Å². The lowest BCUT2D eigenvalue weighted by molar-refractivity contribution is 0.171. The van der Waals surface area contributed by atoms with Gasteiger partial charge in [-0.25, -0.2) is 0 Å². The van der Waals surface area contributed by atoms with Crippen molar-refractivity contribution in [2.45, 2.75) is 170 Å². The fraction of sp³-hybridized carbons (Fsp3) is 0.465. The van der Waals surface area contributed by atoms with E-state index in [0.29, 0.717) is 55.5 Å². The van der Waals surface area contributed by atoms with E-state index in [4.69, 9.17) is 28.4 Å². The topological polar surface area (TPSA) is 58.6 Å². The Hall–Kier alpha value is -6.34. The number of aryl methyl sites for hydroxylation is 3. The van der Waals surface area contributed by atoms with Gasteiger partial charge in [-0.1, -0.05) is 162 Å². The minimum Gasteiger partial charge on any atom is -0.493 e. The van der Waals surface area contributed by atoms with Crippen molar-refractivity contribution in [3.63, 3.8) is 0 Å². The highest BCUT2D eigenvalue weighted by molar-refractivity contribution is 5.61. The van der Waals surface area contributed by atoms with E-state index in [1.807, 2.05) is 18.2 Å². The summed E-state index contributed by atoms with van der Waals surface area (Å²) in [5, 5.41) is 0. The Kier molecular flexibility index (Phi) is 21.7. The van der Waals surface area contributed by atoms with Crippen LogP contribution in [0.4, 0.5) is 5.69 Å². The summed E-state index contributed by atoms with van der Waals surface area (Å²) in [6.45, 7) is 34.9. The zero-order valence-electron chi connectivity index (χ0n) is 49.9. The minimum atomic E-state index is 0.358. The fourth-order valence-electron chi connectivity index (χ4n) is 10.2. The van der Waals surface area contributed by atoms with Gasteiger partial charge in [0.15, 0.2) is 23.0 Å². The number of benzene rings is 6. The molecule has 78 heavy (non-hydrogen) atoms. The van der Waals surface area contributed by atoms with Crippen LogP contribution in [0.5, 0.6) is 34.5 Å². The first-order valence-electron chi connectivity index (χ1n) is 29.4. The highest BCUT2D eigenvalue weighted by Gasteiger charge is 2.19. The third-order valence-corrected chi connectivity index (χ3v) is 15.5. The van der Waals surface area contributed by atoms with Gasteiger partial charge in [0.05, 0.1) is 18.8 Å². The molecule has 0 spiro atoms. The molecule has 7 heteroatoms. The molecule has 7 nitrogen and oxygen atoms in total. The molecule has 2 aliphatic carbocycles. The van der Waals surface area contributed by atoms with Crippen LogP contribution in [0, 0.1) is 0 Å². The number of allylic oxidation sites excluding steroid dienone is 1. The van der Waals surface area contributed by atoms with E-state index >= 15 is 0 Å². The predicted molar refractivity (Wildman–Crippen MR) is 326 cm³/mol. The van der Waals surface area contributed by atoms with Crippen LogP contribution in [0.15, 0.2) is 121 Å². The summed E-state index contributed by atoms with van der Waals surface area (Å²) in [7, 11) is 2.11. The maximum atomic E-state index is 5.64. The average molecular weight is 1060 g/mol. The standard InChI is InChI=1S/C13H16.C13H18.C12H17NO.C12H16O.C11H14O2.C10H12O2/c1-9(2)11-4-5-12-6-10(3)7-13(12)8-11;1-10(2)12-8-7-11-5-3-4-6-13(11)9-12;1-9(2)10-4-5-11-12(8-10)14-7-6-13(11)3;1-9(2)11-6-5-10-4-3-7-13-12(10)8-11;1-8(2)9-3-4-10-11(7-9)13-6-5-12-10;1-7(2)8-3-4-9-10(5-8)12-6-11-9/h4-5,8-9H,3,6-7H2,1-2H3;7-10H,3-6H2,1-2H3;4-5,8-9H,6-7H2,1-3H3;5-6,8-9H,3-4,7H2,1-2H3;3-4,7-8H,5-6H2,1-2H3;3-5,7H,6H2,1-2H3. The number of anilines is 1. The number of nitrogens with zero attached hydrogens (tertiary/aromatic N) is 1. The van der Waals surface area contributed by atoms with Crippen molar-refractivity contribution in [1.29, 1.82) is 0 Å². The molecule has 12 rings (SSSR count). The second-order valence-electron chi connectivity index (χ2n) is 23.6. The lowest BCUT2D eigenvalue weighted by atomic mass is 9.88. The summed E-state index contributed by atoms with van der Waals surface area (Å²) < 4.78 is 32.7. The van der Waals surface area contributed by atoms with E-state index in [9.17, 15) is 0 Å². The minimum absolute atomic E-state index is 0.358. The van der Waals surface area contributed by atoms with Gasteiger partial charge in [-0.3, -0.25) is 0 Å². The normalized spacial score (nSPS) is 15.1. The summed E-state index contributed by atoms with van der Waals surface area (Å²) in [6.07, 6.45) is 9.89. The first-order valence-corrected chi connectivity index (χ1v) is 29.4. The maximum Gasteiger partial charge on any atom is 0.231 e. The summed E-state index contributed by atoms with van der Waals surface area (Å²) in [5.41, 5.74) is 18.4. The molecule has 0 unspecified atom stereocenters. The van der Waals surface area contributed by atoms with Crippen molar-refractivity contribution in [1.82, 2.24) is 0 Å². The SMILES string of the molecule is C=C1Cc2ccc(C(C)C)cc2C1.CC(C)c1ccc2c(c1)CCCC2.CC(C)c1ccc2c(c1)OCCC2.CC(C)c1ccc2c(c1)OCCN2C.CC(C)c1ccc2c(c1)OCCO2.CC(C)c1ccc2c(c1)OCO2. The molecule has 0 N–H and O–H groups in total. The van der Waals surface area contributed by atoms with Gasteiger partial charge in [-0.05, 0) is 191 Å². The molecule has 0 saturated heterocycles. The van der Waals surface area contributed by atoms with E-state index in [1.165, 1.54) is 93.4 Å². The van der Waals surface area contributed by atoms with E-state index < -0.39 is 0 Å². The van der Waals surface area contributed by atoms with E-state index in [0.717, 1.165) is 73.5 Å². The Morgan fingerprint density at radius 3 is 1.35 bits per heavy atom. The van der Waals surface area contributed by atoms with Gasteiger partial charge in [-0.15, -0.1) is 0 Å². The van der Waals surface area contributed by atoms with Crippen molar-refractivity contribution in [2.24, 2.45) is 0 Å². The van der Waals surface area contributed by atoms with Gasteiger partial charge in [-0.2, -0.15) is 0 Å². The van der Waals surface area contributed by atoms with Crippen LogP contribution in [0.2, 0.25) is 0 Å². The molecule has 6 aromatic carbocycles. The van der Waals surface area contributed by atoms with Gasteiger partial charge in [0, 0.05) is 7.05 Å². The van der Waals surface area contributed by atoms with Crippen molar-refractivity contribution in [2.75, 3.05) is 51.7 Å². The zero-order valence-corrected chi connectivity index (χ0v) is 49.9. The van der Waals surface area contributed by atoms with Crippen LogP contribution in [-0.4, -0.2) is 46.8 Å². The van der Waals surface area contributed by atoms with E-state index in [2.05, 4.69) is 193 Å². The van der Waals surface area contributed by atoms with Crippen LogP contribution in [-0.2, 0) is 32.1 Å². The molecule has 0 amide bonds. The fourth-order valence-corrected chi connectivity index (χ4v) is 10.2. The van der Waals surface area contributed by atoms with Gasteiger partial charge in [0.2, 0.25) is 6.79 Å². The molecule has 0 atom stereocenters. The first kappa shape index (κ1) is 59.3. The van der Waals surface area contributed by atoms with Crippen LogP contribution in [0.25, 0.3) is 0 Å². The zero-order chi connectivity index (χ0) is 55.9. The maximum absolute atomic E-state index is 5.64. The first-order chi connectivity index (χ1) is 37.4. The molecule has 4 aliphatic heterocycles. The molecule has 0 radical (unpaired) electrons. The highest BCUT2D eigenvalue weighted by atomic mass is 16.7. The van der Waals surface area contributed by atoms with Gasteiger partial charge in [0.25, 0.3) is 0 Å². The second kappa shape index (κ2) is 28.5. The third kappa shape index (κ3) is 16.6. The molecular weight excluding hydrogens is 963 g/mol. The van der Waals surface area contributed by atoms with Gasteiger partial charge in [0.1, 0.15) is 31.3 Å². The Labute approximate surface area is 470 Å². The molecule has 0 saturated carbocycles. The predicted octanol–water partition coefficient (Wildman–Crippen LogP) is 18.0. The Balaban J connectivity index is 0.000000136. The molecule has 0 aromatic heterocycles. The monoisotopic (exact) mass is 1060 g/mol. The Morgan fingerprint density at radius 1 is 0.346 bits per heavy atom. The summed E-state index contributed by atoms with van der Waals surface area (Å²) in [4.78, 5) is 2.24. The van der Waals surface area contributed by atoms with Crippen molar-refractivity contribution < 1.29 is 28.4 Å². The molecule has 6 aliphatic rings. The number of hydrogen-bond donors (Lipinski definition) is 0. The smallest absolute Gasteiger partial charge is 0.231 e. The Morgan fingerprint density at radius 2 is 0.744 bits per heavy atom. The molecular formula is C71H93NO6. The molecule has 4 heterocycles. The molecule has 418 valence electrons. The summed E-state index contributed by atoms with van der Waals surface area (Å²) >= 11 is 0. The van der Waals surface area contributed by atoms with Crippen LogP contribution in [0.3, 0.4) is 0 Å². The number of fused-ring (bicyclic) bond motifs is 6. The molecule has 6 aromatic rings. The van der Waals surface area contributed by atoms with E-state index in [-0.39, 0.29) is 0 Å². The molecule has 0 bridgehead atoms. The molecule has 0 fully saturated rings. The number of rotatable bonds is 6. The Bertz CT molecular complexity index is 2740. The van der Waals surface area contributed by atoms with Crippen LogP contribution in [0.1, 0.15) is 199 Å². The number of likely N-dealkylation sites (N-methyl/N-ethyl adjacent to an activating group) is 1. The average Bonchev–Trinajstić information content (AvgIpc) is 4.10. The lowest BCUT2D eigenvalue weighted by Crippen LogP contribution is -2.28. The van der Waals surface area contributed by atoms with Gasteiger partial charge < -0.3 is 33.3 Å². The second-order valence-corrected chi connectivity index (χ2v) is 23.6. The van der Waals surface area contributed by atoms with Gasteiger partial charge >= 0.3 is 0 Å². The summed E-state index contributed by atoms with van der Waals surface area (Å²) in [5.74, 6) is 9.18. The van der Waals surface area contributed by atoms with Crippen LogP contribution >= 0.6 is 0 Å². The summed E-state index contributed by atoms with van der Waals surface area (Å²) in [6, 6.07) is 39.3. The lowest BCUT2D eigenvalue weighted by Gasteiger charge is -2.28. The van der Waals surface area contributed by atoms with E-state index in [1.54, 1.807) is 11.1 Å². The van der Waals surface area contributed by atoms with Crippen LogP contribution < -0.4 is 33.3 Å². The number of ether oxygens (including phenoxy) is 6. The van der Waals surface area contributed by atoms with Crippen molar-refractivity contribution >= 4 is 5.69 Å². The van der Waals surface area contributed by atoms with Crippen molar-refractivity contribution in [3.8, 4) is 34.5 Å².